The maximum atomic E-state index is 11.0. The Morgan fingerprint density at radius 2 is 1.35 bits per heavy atom. The number of carbonyl (C=O) groups excluding carboxylic acids is 4. The minimum absolute atomic E-state index is 0.0246. The van der Waals surface area contributed by atoms with Crippen molar-refractivity contribution in [3.05, 3.63) is 0 Å². The number of hydrogen-bond donors (Lipinski definition) is 6. The highest BCUT2D eigenvalue weighted by Gasteiger charge is 2.22. The Morgan fingerprint density at radius 3 is 1.57 bits per heavy atom. The molecule has 4 atom stereocenters. The predicted molar refractivity (Wildman–Crippen MR) is 142 cm³/mol. The van der Waals surface area contributed by atoms with Crippen LogP contribution >= 0.6 is 0 Å². The molecule has 4 unspecified atom stereocenters. The summed E-state index contributed by atoms with van der Waals surface area (Å²) in [4.78, 5) is 42.3. The normalized spacial score (nSPS) is 18.9. The first-order chi connectivity index (χ1) is 17.5. The summed E-state index contributed by atoms with van der Waals surface area (Å²) in [7, 11) is 0. The van der Waals surface area contributed by atoms with E-state index in [9.17, 15) is 19.2 Å². The van der Waals surface area contributed by atoms with E-state index in [2.05, 4.69) is 20.1 Å². The molecule has 12 heteroatoms. The molecule has 2 aliphatic heterocycles. The van der Waals surface area contributed by atoms with Crippen molar-refractivity contribution in [3.63, 3.8) is 0 Å². The van der Waals surface area contributed by atoms with E-state index in [4.69, 9.17) is 21.7 Å². The van der Waals surface area contributed by atoms with Gasteiger partial charge in [0.2, 0.25) is 11.8 Å². The van der Waals surface area contributed by atoms with E-state index in [-0.39, 0.29) is 42.1 Å². The largest absolute Gasteiger partial charge is 0.465 e. The Hall–Kier alpha value is -2.28. The number of ether oxygens (including phenoxy) is 2. The highest BCUT2D eigenvalue weighted by atomic mass is 16.6. The van der Waals surface area contributed by atoms with Gasteiger partial charge in [-0.15, -0.1) is 0 Å². The highest BCUT2D eigenvalue weighted by molar-refractivity contribution is 5.78. The highest BCUT2D eigenvalue weighted by Crippen LogP contribution is 2.11. The molecule has 2 amide bonds. The fourth-order valence-corrected chi connectivity index (χ4v) is 2.48. The molecule has 0 radical (unpaired) electrons. The van der Waals surface area contributed by atoms with Crippen LogP contribution in [0.2, 0.25) is 0 Å². The number of cyclic esters (lactones) is 2. The van der Waals surface area contributed by atoms with Gasteiger partial charge in [0, 0.05) is 38.0 Å². The van der Waals surface area contributed by atoms with Crippen LogP contribution < -0.4 is 22.1 Å². The lowest BCUT2D eigenvalue weighted by atomic mass is 10.1. The maximum absolute atomic E-state index is 11.0. The lowest BCUT2D eigenvalue weighted by Crippen LogP contribution is -2.29. The second-order valence-corrected chi connectivity index (χ2v) is 8.42. The van der Waals surface area contributed by atoms with E-state index >= 15 is 0 Å². The summed E-state index contributed by atoms with van der Waals surface area (Å²) in [6.07, 6.45) is 1.83. The number of aliphatic hydroxyl groups is 2. The SMILES string of the molecule is CC1CCOC1=O.CCN.CCNC(=O)C(C)CCN.CCNC(=O)C(C)CCO.O=C1OCCC1O. The summed E-state index contributed by atoms with van der Waals surface area (Å²) in [5.41, 5.74) is 10.1. The Kier molecular flexibility index (Phi) is 28.4. The summed E-state index contributed by atoms with van der Waals surface area (Å²) >= 11 is 0. The van der Waals surface area contributed by atoms with Crippen LogP contribution in [0, 0.1) is 17.8 Å². The molecular weight excluding hydrogens is 484 g/mol. The molecule has 2 aliphatic rings. The van der Waals surface area contributed by atoms with Gasteiger partial charge in [-0.2, -0.15) is 0 Å². The summed E-state index contributed by atoms with van der Waals surface area (Å²) in [6, 6.07) is 0. The van der Waals surface area contributed by atoms with Gasteiger partial charge in [0.25, 0.3) is 0 Å². The second-order valence-electron chi connectivity index (χ2n) is 8.42. The van der Waals surface area contributed by atoms with Crippen LogP contribution in [0.1, 0.15) is 67.2 Å². The van der Waals surface area contributed by atoms with Gasteiger partial charge < -0.3 is 41.8 Å². The number of amides is 2. The molecule has 37 heavy (non-hydrogen) atoms. The number of esters is 2. The van der Waals surface area contributed by atoms with Crippen molar-refractivity contribution in [2.45, 2.75) is 73.3 Å². The van der Waals surface area contributed by atoms with E-state index in [0.717, 1.165) is 19.4 Å². The molecule has 0 saturated carbocycles. The summed E-state index contributed by atoms with van der Waals surface area (Å²) < 4.78 is 9.00. The van der Waals surface area contributed by atoms with E-state index in [1.807, 2.05) is 34.6 Å². The average Bonchev–Trinajstić information content (AvgIpc) is 3.42. The van der Waals surface area contributed by atoms with Crippen LogP contribution in [-0.2, 0) is 28.7 Å². The zero-order chi connectivity index (χ0) is 29.2. The number of hydrogen-bond acceptors (Lipinski definition) is 10. The van der Waals surface area contributed by atoms with E-state index in [1.165, 1.54) is 0 Å². The number of rotatable bonds is 8. The third-order valence-electron chi connectivity index (χ3n) is 4.86. The molecule has 2 rings (SSSR count). The molecule has 0 aromatic heterocycles. The zero-order valence-electron chi connectivity index (χ0n) is 23.6. The zero-order valence-corrected chi connectivity index (χ0v) is 23.6. The third-order valence-corrected chi connectivity index (χ3v) is 4.86. The Labute approximate surface area is 222 Å². The number of nitrogens with one attached hydrogen (secondary N) is 2. The second kappa shape index (κ2) is 26.8. The predicted octanol–water partition coefficient (Wildman–Crippen LogP) is 0.0770. The fourth-order valence-electron chi connectivity index (χ4n) is 2.48. The van der Waals surface area contributed by atoms with Gasteiger partial charge in [-0.1, -0.05) is 27.7 Å². The maximum Gasteiger partial charge on any atom is 0.335 e. The van der Waals surface area contributed by atoms with Gasteiger partial charge in [0.05, 0.1) is 19.1 Å². The van der Waals surface area contributed by atoms with Crippen LogP contribution in [0.5, 0.6) is 0 Å². The van der Waals surface area contributed by atoms with Gasteiger partial charge in [0.15, 0.2) is 6.10 Å². The first-order valence-electron chi connectivity index (χ1n) is 13.0. The van der Waals surface area contributed by atoms with Crippen molar-refractivity contribution in [1.29, 1.82) is 0 Å². The molecule has 2 heterocycles. The topological polar surface area (TPSA) is 203 Å². The van der Waals surface area contributed by atoms with Crippen molar-refractivity contribution >= 4 is 23.8 Å². The Bertz CT molecular complexity index is 557. The Morgan fingerprint density at radius 1 is 0.919 bits per heavy atom. The summed E-state index contributed by atoms with van der Waals surface area (Å²) in [5.74, 6) is -0.251. The van der Waals surface area contributed by atoms with Crippen molar-refractivity contribution < 1.29 is 38.9 Å². The van der Waals surface area contributed by atoms with Crippen LogP contribution in [0.15, 0.2) is 0 Å². The molecule has 12 nitrogen and oxygen atoms in total. The van der Waals surface area contributed by atoms with Gasteiger partial charge in [-0.25, -0.2) is 4.79 Å². The third kappa shape index (κ3) is 23.8. The van der Waals surface area contributed by atoms with Crippen molar-refractivity contribution in [2.24, 2.45) is 29.2 Å². The molecule has 0 bridgehead atoms. The minimum atomic E-state index is -0.847. The molecule has 2 fully saturated rings. The van der Waals surface area contributed by atoms with Crippen molar-refractivity contribution in [3.8, 4) is 0 Å². The summed E-state index contributed by atoms with van der Waals surface area (Å²) in [5, 5.41) is 22.4. The van der Waals surface area contributed by atoms with E-state index in [1.54, 1.807) is 6.92 Å². The quantitative estimate of drug-likeness (QED) is 0.230. The van der Waals surface area contributed by atoms with Crippen molar-refractivity contribution in [1.82, 2.24) is 10.6 Å². The molecule has 0 aliphatic carbocycles. The molecule has 2 saturated heterocycles. The lowest BCUT2D eigenvalue weighted by Gasteiger charge is -2.08. The molecule has 0 spiro atoms. The van der Waals surface area contributed by atoms with Crippen LogP contribution in [0.3, 0.4) is 0 Å². The summed E-state index contributed by atoms with van der Waals surface area (Å²) in [6.45, 7) is 15.0. The monoisotopic (exact) mass is 536 g/mol. The fraction of sp³-hybridized carbons (Fsp3) is 0.840. The molecular formula is C25H52N4O8. The van der Waals surface area contributed by atoms with Gasteiger partial charge in [-0.3, -0.25) is 14.4 Å². The lowest BCUT2D eigenvalue weighted by molar-refractivity contribution is -0.144. The molecule has 0 aromatic carbocycles. The van der Waals surface area contributed by atoms with E-state index < -0.39 is 12.1 Å². The first kappa shape index (κ1) is 39.2. The van der Waals surface area contributed by atoms with E-state index in [0.29, 0.717) is 45.7 Å². The average molecular weight is 537 g/mol. The first-order valence-corrected chi connectivity index (χ1v) is 13.0. The van der Waals surface area contributed by atoms with Gasteiger partial charge in [-0.05, 0) is 46.2 Å². The molecule has 8 N–H and O–H groups in total. The van der Waals surface area contributed by atoms with Crippen LogP contribution in [0.4, 0.5) is 0 Å². The van der Waals surface area contributed by atoms with Gasteiger partial charge in [0.1, 0.15) is 0 Å². The number of carbonyl (C=O) groups is 4. The Balaban J connectivity index is -0.000000405. The van der Waals surface area contributed by atoms with Crippen LogP contribution in [0.25, 0.3) is 0 Å². The number of nitrogens with two attached hydrogens (primary N) is 2. The van der Waals surface area contributed by atoms with Crippen LogP contribution in [-0.4, -0.2) is 86.1 Å². The molecule has 0 aromatic rings. The molecule has 220 valence electrons. The smallest absolute Gasteiger partial charge is 0.335 e. The van der Waals surface area contributed by atoms with Crippen molar-refractivity contribution in [2.75, 3.05) is 46.0 Å². The number of aliphatic hydroxyl groups excluding tert-OH is 2. The standard InChI is InChI=1S/C7H16N2O.C7H15NO2.C5H8O2.C4H6O3.C2H7N/c1-3-9-7(10)6(2)4-5-8;1-3-8-7(10)6(2)4-5-9;1-4-2-3-7-5(4)6;5-3-1-2-7-4(3)6;1-2-3/h6H,3-5,8H2,1-2H3,(H,9,10);6,9H,3-5H2,1-2H3,(H,8,10);4H,2-3H2,1H3;3,5H,1-2H2;2-3H2,1H3. The van der Waals surface area contributed by atoms with Gasteiger partial charge >= 0.3 is 11.9 Å². The minimum Gasteiger partial charge on any atom is -0.465 e.